The van der Waals surface area contributed by atoms with E-state index >= 15 is 0 Å². The molecule has 11 heteroatoms. The van der Waals surface area contributed by atoms with Gasteiger partial charge in [0.05, 0.1) is 5.56 Å². The van der Waals surface area contributed by atoms with E-state index in [-0.39, 0.29) is 5.78 Å². The van der Waals surface area contributed by atoms with E-state index in [1.165, 1.54) is 11.3 Å². The lowest BCUT2D eigenvalue weighted by Crippen LogP contribution is -2.33. The number of thiophene rings is 1. The Bertz CT molecular complexity index is 1310. The number of carboxylic acid groups (broad SMARTS) is 1. The monoisotopic (exact) mass is 521 g/mol. The highest BCUT2D eigenvalue weighted by molar-refractivity contribution is 7.17. The number of carbonyl (C=O) groups is 4. The van der Waals surface area contributed by atoms with Gasteiger partial charge in [-0.05, 0) is 42.7 Å². The standard InChI is InChI=1S/C26H27N5O5S/c27-23(33)21-19-11-14-31(13-4-12-28-26(35)36)15-20(19)37-24(21)30-25(34)29-18-9-7-17(8-10-18)22(32)16-5-2-1-3-6-16/h1-3,5-10,28H,4,11-15H2,(H2,27,33)(H,35,36)(H2,29,30,34). The molecule has 3 aromatic rings. The van der Waals surface area contributed by atoms with Gasteiger partial charge in [0.15, 0.2) is 5.78 Å². The Balaban J connectivity index is 1.39. The fraction of sp³-hybridized carbons (Fsp3) is 0.231. The minimum atomic E-state index is -1.05. The second-order valence-electron chi connectivity index (χ2n) is 8.54. The number of amides is 4. The molecular formula is C26H27N5O5S. The Labute approximate surface area is 217 Å². The number of nitrogens with zero attached hydrogens (tertiary/aromatic N) is 1. The number of hydrogen-bond donors (Lipinski definition) is 5. The van der Waals surface area contributed by atoms with Crippen LogP contribution in [0.4, 0.5) is 20.3 Å². The fourth-order valence-corrected chi connectivity index (χ4v) is 5.51. The van der Waals surface area contributed by atoms with Crippen LogP contribution < -0.4 is 21.7 Å². The molecule has 2 heterocycles. The van der Waals surface area contributed by atoms with Crippen LogP contribution in [0.5, 0.6) is 0 Å². The molecule has 0 aliphatic carbocycles. The number of carbonyl (C=O) groups excluding carboxylic acids is 3. The second kappa shape index (κ2) is 11.7. The highest BCUT2D eigenvalue weighted by Gasteiger charge is 2.27. The van der Waals surface area contributed by atoms with Gasteiger partial charge in [-0.1, -0.05) is 30.3 Å². The van der Waals surface area contributed by atoms with E-state index < -0.39 is 18.0 Å². The summed E-state index contributed by atoms with van der Waals surface area (Å²) < 4.78 is 0. The number of urea groups is 1. The molecule has 6 N–H and O–H groups in total. The minimum absolute atomic E-state index is 0.112. The first kappa shape index (κ1) is 25.9. The van der Waals surface area contributed by atoms with Crippen molar-refractivity contribution in [1.82, 2.24) is 10.2 Å². The molecule has 1 aliphatic heterocycles. The van der Waals surface area contributed by atoms with Crippen LogP contribution in [0.2, 0.25) is 0 Å². The van der Waals surface area contributed by atoms with Gasteiger partial charge >= 0.3 is 12.1 Å². The van der Waals surface area contributed by atoms with E-state index in [4.69, 9.17) is 10.8 Å². The molecule has 4 amide bonds. The van der Waals surface area contributed by atoms with Gasteiger partial charge in [-0.3, -0.25) is 19.8 Å². The van der Waals surface area contributed by atoms with E-state index in [0.29, 0.717) is 66.4 Å². The number of anilines is 2. The van der Waals surface area contributed by atoms with Gasteiger partial charge in [-0.15, -0.1) is 11.3 Å². The predicted molar refractivity (Wildman–Crippen MR) is 141 cm³/mol. The summed E-state index contributed by atoms with van der Waals surface area (Å²) in [5.74, 6) is -0.713. The van der Waals surface area contributed by atoms with Crippen LogP contribution >= 0.6 is 11.3 Å². The summed E-state index contributed by atoms with van der Waals surface area (Å²) in [5.41, 5.74) is 8.40. The Kier molecular flexibility index (Phi) is 8.16. The zero-order valence-electron chi connectivity index (χ0n) is 20.0. The summed E-state index contributed by atoms with van der Waals surface area (Å²) in [7, 11) is 0. The number of hydrogen-bond acceptors (Lipinski definition) is 6. The molecule has 1 aromatic heterocycles. The van der Waals surface area contributed by atoms with Gasteiger partial charge in [0.25, 0.3) is 5.91 Å². The van der Waals surface area contributed by atoms with Crippen molar-refractivity contribution in [3.63, 3.8) is 0 Å². The van der Waals surface area contributed by atoms with Crippen molar-refractivity contribution in [2.75, 3.05) is 30.3 Å². The largest absolute Gasteiger partial charge is 0.465 e. The highest BCUT2D eigenvalue weighted by Crippen LogP contribution is 2.37. The quantitative estimate of drug-likeness (QED) is 0.214. The van der Waals surface area contributed by atoms with Crippen LogP contribution in [0.1, 0.15) is 43.1 Å². The smallest absolute Gasteiger partial charge is 0.404 e. The molecule has 2 aromatic carbocycles. The van der Waals surface area contributed by atoms with Gasteiger partial charge in [0.1, 0.15) is 5.00 Å². The summed E-state index contributed by atoms with van der Waals surface area (Å²) >= 11 is 1.31. The molecule has 0 saturated heterocycles. The highest BCUT2D eigenvalue weighted by atomic mass is 32.1. The van der Waals surface area contributed by atoms with E-state index in [2.05, 4.69) is 20.9 Å². The maximum Gasteiger partial charge on any atom is 0.404 e. The summed E-state index contributed by atoms with van der Waals surface area (Å²) in [6.07, 6.45) is 0.228. The van der Waals surface area contributed by atoms with Crippen LogP contribution in [0.25, 0.3) is 0 Å². The average Bonchev–Trinajstić information content (AvgIpc) is 3.24. The van der Waals surface area contributed by atoms with Crippen LogP contribution in [0.15, 0.2) is 54.6 Å². The molecule has 4 rings (SSSR count). The lowest BCUT2D eigenvalue weighted by atomic mass is 10.0. The maximum atomic E-state index is 12.7. The summed E-state index contributed by atoms with van der Waals surface area (Å²) in [6.45, 7) is 2.36. The third kappa shape index (κ3) is 6.51. The molecule has 0 fully saturated rings. The summed E-state index contributed by atoms with van der Waals surface area (Å²) in [6, 6.07) is 15.0. The van der Waals surface area contributed by atoms with Crippen molar-refractivity contribution >= 4 is 45.8 Å². The van der Waals surface area contributed by atoms with Crippen LogP contribution in [-0.2, 0) is 13.0 Å². The van der Waals surface area contributed by atoms with Crippen molar-refractivity contribution in [3.8, 4) is 0 Å². The first-order valence-corrected chi connectivity index (χ1v) is 12.5. The van der Waals surface area contributed by atoms with Crippen molar-refractivity contribution in [3.05, 3.63) is 81.7 Å². The van der Waals surface area contributed by atoms with Crippen LogP contribution in [-0.4, -0.2) is 53.5 Å². The molecule has 1 aliphatic rings. The van der Waals surface area contributed by atoms with E-state index in [1.807, 2.05) is 6.07 Å². The number of primary amides is 1. The Morgan fingerprint density at radius 1 is 0.973 bits per heavy atom. The normalized spacial score (nSPS) is 12.9. The average molecular weight is 522 g/mol. The minimum Gasteiger partial charge on any atom is -0.465 e. The van der Waals surface area contributed by atoms with Gasteiger partial charge < -0.3 is 21.5 Å². The first-order valence-electron chi connectivity index (χ1n) is 11.7. The maximum absolute atomic E-state index is 12.7. The van der Waals surface area contributed by atoms with E-state index in [1.54, 1.807) is 48.5 Å². The number of benzene rings is 2. The fourth-order valence-electron chi connectivity index (χ4n) is 4.22. The number of nitrogens with one attached hydrogen (secondary N) is 3. The van der Waals surface area contributed by atoms with Crippen LogP contribution in [0, 0.1) is 0 Å². The number of nitrogens with two attached hydrogens (primary N) is 1. The van der Waals surface area contributed by atoms with Crippen LogP contribution in [0.3, 0.4) is 0 Å². The summed E-state index contributed by atoms with van der Waals surface area (Å²) in [5, 5.41) is 16.9. The zero-order chi connectivity index (χ0) is 26.4. The SMILES string of the molecule is NC(=O)c1c(NC(=O)Nc2ccc(C(=O)c3ccccc3)cc2)sc2c1CCN(CCCNC(=O)O)C2. The molecular weight excluding hydrogens is 494 g/mol. The van der Waals surface area contributed by atoms with E-state index in [9.17, 15) is 19.2 Å². The summed E-state index contributed by atoms with van der Waals surface area (Å²) in [4.78, 5) is 51.2. The Hall–Kier alpha value is -4.22. The van der Waals surface area contributed by atoms with Crippen molar-refractivity contribution in [2.24, 2.45) is 5.73 Å². The molecule has 0 unspecified atom stereocenters. The predicted octanol–water partition coefficient (Wildman–Crippen LogP) is 3.74. The van der Waals surface area contributed by atoms with Crippen molar-refractivity contribution in [2.45, 2.75) is 19.4 Å². The zero-order valence-corrected chi connectivity index (χ0v) is 20.8. The first-order chi connectivity index (χ1) is 17.8. The lowest BCUT2D eigenvalue weighted by Gasteiger charge is -2.26. The van der Waals surface area contributed by atoms with Gasteiger partial charge in [0, 0.05) is 47.9 Å². The lowest BCUT2D eigenvalue weighted by molar-refractivity contribution is 0.0998. The molecule has 0 radical (unpaired) electrons. The van der Waals surface area contributed by atoms with Crippen molar-refractivity contribution in [1.29, 1.82) is 0 Å². The van der Waals surface area contributed by atoms with Gasteiger partial charge in [-0.25, -0.2) is 9.59 Å². The molecule has 0 atom stereocenters. The Morgan fingerprint density at radius 3 is 2.35 bits per heavy atom. The van der Waals surface area contributed by atoms with Gasteiger partial charge in [0.2, 0.25) is 0 Å². The molecule has 0 bridgehead atoms. The number of rotatable bonds is 9. The third-order valence-electron chi connectivity index (χ3n) is 5.98. The molecule has 37 heavy (non-hydrogen) atoms. The van der Waals surface area contributed by atoms with Crippen molar-refractivity contribution < 1.29 is 24.3 Å². The topological polar surface area (TPSA) is 154 Å². The third-order valence-corrected chi connectivity index (χ3v) is 7.11. The number of ketones is 1. The van der Waals surface area contributed by atoms with Gasteiger partial charge in [-0.2, -0.15) is 0 Å². The molecule has 10 nitrogen and oxygen atoms in total. The molecule has 192 valence electrons. The molecule has 0 spiro atoms. The second-order valence-corrected chi connectivity index (χ2v) is 9.64. The number of fused-ring (bicyclic) bond motifs is 1. The Morgan fingerprint density at radius 2 is 1.68 bits per heavy atom. The molecule has 0 saturated carbocycles. The van der Waals surface area contributed by atoms with E-state index in [0.717, 1.165) is 10.4 Å².